The van der Waals surface area contributed by atoms with Crippen LogP contribution in [0.15, 0.2) is 47.5 Å². The van der Waals surface area contributed by atoms with Gasteiger partial charge in [0.05, 0.1) is 0 Å². The van der Waals surface area contributed by atoms with Crippen molar-refractivity contribution in [2.24, 2.45) is 4.99 Å². The number of aryl methyl sites for hydroxylation is 1. The molecule has 0 aromatic heterocycles. The van der Waals surface area contributed by atoms with Crippen molar-refractivity contribution < 1.29 is 9.18 Å². The highest BCUT2D eigenvalue weighted by Crippen LogP contribution is 2.31. The molecule has 2 aromatic rings. The summed E-state index contributed by atoms with van der Waals surface area (Å²) in [6, 6.07) is 12.9. The van der Waals surface area contributed by atoms with E-state index in [0.29, 0.717) is 31.0 Å². The van der Waals surface area contributed by atoms with E-state index < -0.39 is 0 Å². The van der Waals surface area contributed by atoms with Crippen LogP contribution in [0.25, 0.3) is 0 Å². The number of halogens is 1. The highest BCUT2D eigenvalue weighted by molar-refractivity contribution is 5.94. The predicted molar refractivity (Wildman–Crippen MR) is 102 cm³/mol. The minimum absolute atomic E-state index is 0.0280. The summed E-state index contributed by atoms with van der Waals surface area (Å²) in [7, 11) is 1.70. The third-order valence-corrected chi connectivity index (χ3v) is 4.53. The molecule has 0 radical (unpaired) electrons. The number of nitrogens with one attached hydrogen (secondary N) is 3. The minimum Gasteiger partial charge on any atom is -0.356 e. The van der Waals surface area contributed by atoms with E-state index >= 15 is 0 Å². The van der Waals surface area contributed by atoms with Gasteiger partial charge in [-0.2, -0.15) is 0 Å². The van der Waals surface area contributed by atoms with E-state index in [1.54, 1.807) is 20.0 Å². The van der Waals surface area contributed by atoms with Gasteiger partial charge in [0.15, 0.2) is 5.96 Å². The molecule has 0 fully saturated rings. The summed E-state index contributed by atoms with van der Waals surface area (Å²) in [4.78, 5) is 16.1. The molecule has 26 heavy (non-hydrogen) atoms. The summed E-state index contributed by atoms with van der Waals surface area (Å²) >= 11 is 0. The average Bonchev–Trinajstić information content (AvgIpc) is 2.64. The molecule has 0 spiro atoms. The Morgan fingerprint density at radius 2 is 2.08 bits per heavy atom. The molecule has 136 valence electrons. The van der Waals surface area contributed by atoms with Gasteiger partial charge in [-0.1, -0.05) is 30.3 Å². The maximum absolute atomic E-state index is 13.4. The Labute approximate surface area is 152 Å². The predicted octanol–water partition coefficient (Wildman–Crippen LogP) is 2.93. The van der Waals surface area contributed by atoms with Crippen molar-refractivity contribution in [1.82, 2.24) is 10.6 Å². The van der Waals surface area contributed by atoms with Gasteiger partial charge in [-0.25, -0.2) is 4.39 Å². The topological polar surface area (TPSA) is 65.5 Å². The van der Waals surface area contributed by atoms with E-state index in [0.717, 1.165) is 16.8 Å². The number of benzene rings is 2. The molecule has 6 heteroatoms. The highest BCUT2D eigenvalue weighted by atomic mass is 19.1. The highest BCUT2D eigenvalue weighted by Gasteiger charge is 2.24. The number of anilines is 1. The lowest BCUT2D eigenvalue weighted by molar-refractivity contribution is -0.116. The maximum atomic E-state index is 13.4. The van der Waals surface area contributed by atoms with Gasteiger partial charge >= 0.3 is 0 Å². The molecular weight excluding hydrogens is 331 g/mol. The molecule has 1 aliphatic rings. The largest absolute Gasteiger partial charge is 0.356 e. The van der Waals surface area contributed by atoms with Gasteiger partial charge in [-0.15, -0.1) is 0 Å². The fourth-order valence-electron chi connectivity index (χ4n) is 3.13. The van der Waals surface area contributed by atoms with Crippen molar-refractivity contribution in [3.8, 4) is 0 Å². The molecule has 3 N–H and O–H groups in total. The van der Waals surface area contributed by atoms with Crippen LogP contribution in [0.5, 0.6) is 0 Å². The first-order chi connectivity index (χ1) is 12.6. The van der Waals surface area contributed by atoms with Crippen LogP contribution in [0.1, 0.15) is 29.0 Å². The fraction of sp³-hybridized carbons (Fsp3) is 0.300. The van der Waals surface area contributed by atoms with Crippen LogP contribution >= 0.6 is 0 Å². The molecule has 5 nitrogen and oxygen atoms in total. The van der Waals surface area contributed by atoms with Gasteiger partial charge in [0, 0.05) is 38.2 Å². The summed E-state index contributed by atoms with van der Waals surface area (Å²) in [5.74, 6) is 0.563. The Bertz CT molecular complexity index is 834. The second kappa shape index (κ2) is 7.99. The molecule has 3 rings (SSSR count). The first-order valence-electron chi connectivity index (χ1n) is 8.65. The van der Waals surface area contributed by atoms with E-state index in [1.165, 1.54) is 6.07 Å². The van der Waals surface area contributed by atoms with Crippen LogP contribution < -0.4 is 16.0 Å². The Kier molecular flexibility index (Phi) is 5.51. The number of para-hydroxylation sites is 1. The number of fused-ring (bicyclic) bond motifs is 1. The second-order valence-corrected chi connectivity index (χ2v) is 6.43. The molecule has 1 unspecified atom stereocenters. The van der Waals surface area contributed by atoms with Gasteiger partial charge < -0.3 is 16.0 Å². The first-order valence-corrected chi connectivity index (χ1v) is 8.65. The first kappa shape index (κ1) is 17.9. The van der Waals surface area contributed by atoms with Gasteiger partial charge in [0.2, 0.25) is 5.91 Å². The zero-order valence-corrected chi connectivity index (χ0v) is 15.0. The number of amides is 1. The Hall–Kier alpha value is -2.89. The molecule has 0 bridgehead atoms. The normalized spacial score (nSPS) is 16.7. The van der Waals surface area contributed by atoms with Crippen LogP contribution in [-0.2, 0) is 11.3 Å². The third-order valence-electron chi connectivity index (χ3n) is 4.53. The van der Waals surface area contributed by atoms with Crippen molar-refractivity contribution in [2.75, 3.05) is 18.9 Å². The van der Waals surface area contributed by atoms with E-state index in [9.17, 15) is 9.18 Å². The van der Waals surface area contributed by atoms with E-state index in [1.807, 2.05) is 30.3 Å². The number of hydrogen-bond donors (Lipinski definition) is 3. The molecule has 1 heterocycles. The quantitative estimate of drug-likeness (QED) is 0.584. The van der Waals surface area contributed by atoms with Gasteiger partial charge in [0.1, 0.15) is 5.82 Å². The number of carbonyl (C=O) groups excluding carboxylic acids is 1. The average molecular weight is 354 g/mol. The zero-order chi connectivity index (χ0) is 18.5. The third kappa shape index (κ3) is 4.20. The van der Waals surface area contributed by atoms with Gasteiger partial charge in [0.25, 0.3) is 0 Å². The van der Waals surface area contributed by atoms with E-state index in [-0.39, 0.29) is 17.6 Å². The lowest BCUT2D eigenvalue weighted by Crippen LogP contribution is -2.40. The smallest absolute Gasteiger partial charge is 0.225 e. The summed E-state index contributed by atoms with van der Waals surface area (Å²) < 4.78 is 13.4. The number of aliphatic imine (C=N–C) groups is 1. The van der Waals surface area contributed by atoms with Crippen molar-refractivity contribution in [1.29, 1.82) is 0 Å². The molecule has 0 saturated heterocycles. The minimum atomic E-state index is -0.203. The van der Waals surface area contributed by atoms with Crippen molar-refractivity contribution in [2.45, 2.75) is 25.8 Å². The molecule has 1 aliphatic heterocycles. The summed E-state index contributed by atoms with van der Waals surface area (Å²) in [5, 5.41) is 9.41. The summed E-state index contributed by atoms with van der Waals surface area (Å²) in [6.07, 6.45) is 0.443. The maximum Gasteiger partial charge on any atom is 0.225 e. The lowest BCUT2D eigenvalue weighted by atomic mass is 9.90. The van der Waals surface area contributed by atoms with Crippen molar-refractivity contribution in [3.63, 3.8) is 0 Å². The van der Waals surface area contributed by atoms with Crippen LogP contribution in [0.2, 0.25) is 0 Å². The Morgan fingerprint density at radius 1 is 1.27 bits per heavy atom. The van der Waals surface area contributed by atoms with Gasteiger partial charge in [-0.3, -0.25) is 9.79 Å². The van der Waals surface area contributed by atoms with Crippen LogP contribution in [-0.4, -0.2) is 25.5 Å². The van der Waals surface area contributed by atoms with Crippen LogP contribution in [0.3, 0.4) is 0 Å². The molecule has 1 atom stereocenters. The number of carbonyl (C=O) groups is 1. The number of nitrogens with zero attached hydrogens (tertiary/aromatic N) is 1. The number of guanidine groups is 1. The number of hydrogen-bond acceptors (Lipinski definition) is 2. The van der Waals surface area contributed by atoms with Gasteiger partial charge in [-0.05, 0) is 35.7 Å². The molecule has 2 aromatic carbocycles. The molecule has 1 amide bonds. The zero-order valence-electron chi connectivity index (χ0n) is 15.0. The molecule has 0 saturated carbocycles. The van der Waals surface area contributed by atoms with E-state index in [2.05, 4.69) is 20.9 Å². The van der Waals surface area contributed by atoms with Crippen molar-refractivity contribution >= 4 is 17.6 Å². The number of rotatable bonds is 4. The summed E-state index contributed by atoms with van der Waals surface area (Å²) in [5.41, 5.74) is 3.61. The summed E-state index contributed by atoms with van der Waals surface area (Å²) in [6.45, 7) is 2.90. The van der Waals surface area contributed by atoms with E-state index in [4.69, 9.17) is 0 Å². The second-order valence-electron chi connectivity index (χ2n) is 6.43. The standard InChI is InChI=1S/C20H23FN4O/c1-13-9-14(7-8-17(13)21)11-23-20(22-2)24-12-15-10-19(26)25-18-6-4-3-5-16(15)18/h3-9,15H,10-12H2,1-2H3,(H,25,26)(H2,22,23,24). The Morgan fingerprint density at radius 3 is 2.85 bits per heavy atom. The lowest BCUT2D eigenvalue weighted by Gasteiger charge is -2.26. The van der Waals surface area contributed by atoms with Crippen molar-refractivity contribution in [3.05, 3.63) is 65.0 Å². The molecular formula is C20H23FN4O. The SMILES string of the molecule is CN=C(NCc1ccc(F)c(C)c1)NCC1CC(=O)Nc2ccccc21. The van der Waals surface area contributed by atoms with Crippen LogP contribution in [0, 0.1) is 12.7 Å². The van der Waals surface area contributed by atoms with Crippen LogP contribution in [0.4, 0.5) is 10.1 Å². The fourth-order valence-corrected chi connectivity index (χ4v) is 3.13. The monoisotopic (exact) mass is 354 g/mol. The Balaban J connectivity index is 1.59. The molecule has 0 aliphatic carbocycles.